The van der Waals surface area contributed by atoms with Crippen molar-refractivity contribution in [1.82, 2.24) is 9.97 Å². The van der Waals surface area contributed by atoms with Crippen LogP contribution in [0, 0.1) is 0 Å². The summed E-state index contributed by atoms with van der Waals surface area (Å²) in [4.78, 5) is 21.6. The molecular weight excluding hydrogens is 242 g/mol. The lowest BCUT2D eigenvalue weighted by molar-refractivity contribution is 0.0512. The zero-order valence-electron chi connectivity index (χ0n) is 10.9. The third-order valence-corrected chi connectivity index (χ3v) is 2.59. The van der Waals surface area contributed by atoms with Crippen LogP contribution >= 0.6 is 0 Å². The van der Waals surface area contributed by atoms with E-state index >= 15 is 0 Å². The minimum absolute atomic E-state index is 0.0714. The fraction of sp³-hybridized carbons (Fsp3) is 0.214. The van der Waals surface area contributed by atoms with Crippen molar-refractivity contribution in [2.45, 2.75) is 6.92 Å². The normalized spacial score (nSPS) is 10.0. The molecule has 2 aromatic rings. The maximum atomic E-state index is 11.6. The minimum atomic E-state index is -0.509. The average Bonchev–Trinajstić information content (AvgIpc) is 2.48. The number of hydrogen-bond acceptors (Lipinski definition) is 5. The summed E-state index contributed by atoms with van der Waals surface area (Å²) >= 11 is 0. The molecule has 5 heteroatoms. The van der Waals surface area contributed by atoms with Crippen molar-refractivity contribution in [3.05, 3.63) is 48.4 Å². The second kappa shape index (κ2) is 5.95. The first-order chi connectivity index (χ1) is 9.22. The number of hydrogen-bond donors (Lipinski definition) is 0. The van der Waals surface area contributed by atoms with Crippen LogP contribution in [0.1, 0.15) is 17.5 Å². The minimum Gasteiger partial charge on any atom is -0.460 e. The van der Waals surface area contributed by atoms with Crippen molar-refractivity contribution in [2.75, 3.05) is 18.6 Å². The molecule has 0 saturated carbocycles. The Kier molecular flexibility index (Phi) is 4.07. The van der Waals surface area contributed by atoms with Crippen molar-refractivity contribution in [3.8, 4) is 0 Å². The van der Waals surface area contributed by atoms with Crippen LogP contribution in [-0.2, 0) is 4.74 Å². The van der Waals surface area contributed by atoms with Crippen molar-refractivity contribution in [3.63, 3.8) is 0 Å². The number of aromatic nitrogens is 2. The van der Waals surface area contributed by atoms with Crippen LogP contribution in [0.5, 0.6) is 0 Å². The quantitative estimate of drug-likeness (QED) is 0.787. The Morgan fingerprint density at radius 2 is 2.00 bits per heavy atom. The lowest BCUT2D eigenvalue weighted by Gasteiger charge is -2.18. The Bertz CT molecular complexity index is 558. The predicted molar refractivity (Wildman–Crippen MR) is 72.5 cm³/mol. The molecular formula is C14H15N3O2. The van der Waals surface area contributed by atoms with E-state index < -0.39 is 5.97 Å². The number of anilines is 2. The van der Waals surface area contributed by atoms with Gasteiger partial charge < -0.3 is 9.64 Å². The molecule has 0 aliphatic rings. The van der Waals surface area contributed by atoms with Crippen LogP contribution in [0.15, 0.2) is 42.6 Å². The molecule has 0 saturated heterocycles. The van der Waals surface area contributed by atoms with Crippen molar-refractivity contribution >= 4 is 17.5 Å². The van der Waals surface area contributed by atoms with Crippen LogP contribution in [0.4, 0.5) is 11.5 Å². The van der Waals surface area contributed by atoms with E-state index in [-0.39, 0.29) is 5.82 Å². The fourth-order valence-corrected chi connectivity index (χ4v) is 1.61. The Morgan fingerprint density at radius 1 is 1.26 bits per heavy atom. The number of nitrogens with zero attached hydrogens (tertiary/aromatic N) is 3. The lowest BCUT2D eigenvalue weighted by atomic mass is 10.3. The second-order valence-corrected chi connectivity index (χ2v) is 3.85. The SMILES string of the molecule is CCOC(=O)c1nccc(N(C)c2ccccc2)n1. The topological polar surface area (TPSA) is 55.3 Å². The Balaban J connectivity index is 2.26. The molecule has 0 aliphatic heterocycles. The van der Waals surface area contributed by atoms with Gasteiger partial charge in [0.15, 0.2) is 0 Å². The highest BCUT2D eigenvalue weighted by molar-refractivity contribution is 5.85. The van der Waals surface area contributed by atoms with Crippen LogP contribution in [-0.4, -0.2) is 29.6 Å². The maximum absolute atomic E-state index is 11.6. The van der Waals surface area contributed by atoms with Gasteiger partial charge in [0.05, 0.1) is 6.61 Å². The van der Waals surface area contributed by atoms with E-state index in [0.717, 1.165) is 5.69 Å². The molecule has 98 valence electrons. The Hall–Kier alpha value is -2.43. The molecule has 0 radical (unpaired) electrons. The standard InChI is InChI=1S/C14H15N3O2/c1-3-19-14(18)13-15-10-9-12(16-13)17(2)11-7-5-4-6-8-11/h4-10H,3H2,1-2H3. The number of ether oxygens (including phenoxy) is 1. The van der Waals surface area contributed by atoms with E-state index in [0.29, 0.717) is 12.4 Å². The highest BCUT2D eigenvalue weighted by Crippen LogP contribution is 2.20. The average molecular weight is 257 g/mol. The first-order valence-corrected chi connectivity index (χ1v) is 6.01. The van der Waals surface area contributed by atoms with Gasteiger partial charge >= 0.3 is 5.97 Å². The molecule has 5 nitrogen and oxygen atoms in total. The molecule has 0 fully saturated rings. The smallest absolute Gasteiger partial charge is 0.376 e. The summed E-state index contributed by atoms with van der Waals surface area (Å²) < 4.78 is 4.89. The highest BCUT2D eigenvalue weighted by atomic mass is 16.5. The van der Waals surface area contributed by atoms with Gasteiger partial charge in [0.1, 0.15) is 5.82 Å². The molecule has 1 aromatic heterocycles. The van der Waals surface area contributed by atoms with Crippen molar-refractivity contribution in [2.24, 2.45) is 0 Å². The molecule has 0 N–H and O–H groups in total. The third kappa shape index (κ3) is 3.07. The number of carbonyl (C=O) groups excluding carboxylic acids is 1. The van der Waals surface area contributed by atoms with E-state index in [1.165, 1.54) is 0 Å². The van der Waals surface area contributed by atoms with Gasteiger partial charge in [0, 0.05) is 18.9 Å². The van der Waals surface area contributed by atoms with Gasteiger partial charge in [-0.2, -0.15) is 0 Å². The molecule has 1 heterocycles. The zero-order chi connectivity index (χ0) is 13.7. The second-order valence-electron chi connectivity index (χ2n) is 3.85. The van der Waals surface area contributed by atoms with Crippen LogP contribution in [0.3, 0.4) is 0 Å². The van der Waals surface area contributed by atoms with Gasteiger partial charge in [-0.1, -0.05) is 18.2 Å². The Morgan fingerprint density at radius 3 is 2.68 bits per heavy atom. The summed E-state index contributed by atoms with van der Waals surface area (Å²) in [7, 11) is 1.88. The lowest BCUT2D eigenvalue weighted by Crippen LogP contribution is -2.15. The molecule has 0 spiro atoms. The molecule has 0 unspecified atom stereocenters. The molecule has 19 heavy (non-hydrogen) atoms. The van der Waals surface area contributed by atoms with Crippen LogP contribution in [0.25, 0.3) is 0 Å². The number of benzene rings is 1. The van der Waals surface area contributed by atoms with Gasteiger partial charge in [-0.05, 0) is 25.1 Å². The maximum Gasteiger partial charge on any atom is 0.376 e. The number of esters is 1. The number of carbonyl (C=O) groups is 1. The molecule has 2 rings (SSSR count). The molecule has 0 atom stereocenters. The summed E-state index contributed by atoms with van der Waals surface area (Å²) in [5.74, 6) is 0.206. The summed E-state index contributed by atoms with van der Waals surface area (Å²) in [6.07, 6.45) is 1.55. The first kappa shape index (κ1) is 13.0. The van der Waals surface area contributed by atoms with Crippen molar-refractivity contribution in [1.29, 1.82) is 0 Å². The summed E-state index contributed by atoms with van der Waals surface area (Å²) in [6.45, 7) is 2.05. The van der Waals surface area contributed by atoms with E-state index in [1.807, 2.05) is 42.3 Å². The highest BCUT2D eigenvalue weighted by Gasteiger charge is 2.12. The van der Waals surface area contributed by atoms with E-state index in [9.17, 15) is 4.79 Å². The summed E-state index contributed by atoms with van der Waals surface area (Å²) in [6, 6.07) is 11.5. The molecule has 1 aromatic carbocycles. The fourth-order valence-electron chi connectivity index (χ4n) is 1.61. The van der Waals surface area contributed by atoms with Gasteiger partial charge in [-0.3, -0.25) is 0 Å². The molecule has 0 aliphatic carbocycles. The summed E-state index contributed by atoms with van der Waals surface area (Å²) in [5.41, 5.74) is 0.982. The number of para-hydroxylation sites is 1. The predicted octanol–water partition coefficient (Wildman–Crippen LogP) is 2.42. The van der Waals surface area contributed by atoms with E-state index in [1.54, 1.807) is 19.2 Å². The van der Waals surface area contributed by atoms with E-state index in [4.69, 9.17) is 4.74 Å². The van der Waals surface area contributed by atoms with Gasteiger partial charge in [0.2, 0.25) is 5.82 Å². The largest absolute Gasteiger partial charge is 0.460 e. The molecule has 0 amide bonds. The van der Waals surface area contributed by atoms with Gasteiger partial charge in [-0.15, -0.1) is 0 Å². The summed E-state index contributed by atoms with van der Waals surface area (Å²) in [5, 5.41) is 0. The third-order valence-electron chi connectivity index (χ3n) is 2.59. The monoisotopic (exact) mass is 257 g/mol. The zero-order valence-corrected chi connectivity index (χ0v) is 10.9. The Labute approximate surface area is 111 Å². The first-order valence-electron chi connectivity index (χ1n) is 6.01. The van der Waals surface area contributed by atoms with Crippen LogP contribution in [0.2, 0.25) is 0 Å². The van der Waals surface area contributed by atoms with E-state index in [2.05, 4.69) is 9.97 Å². The van der Waals surface area contributed by atoms with Gasteiger partial charge in [-0.25, -0.2) is 14.8 Å². The number of rotatable bonds is 4. The van der Waals surface area contributed by atoms with Crippen molar-refractivity contribution < 1.29 is 9.53 Å². The molecule has 0 bridgehead atoms. The van der Waals surface area contributed by atoms with Crippen LogP contribution < -0.4 is 4.90 Å². The van der Waals surface area contributed by atoms with Gasteiger partial charge in [0.25, 0.3) is 0 Å².